The predicted molar refractivity (Wildman–Crippen MR) is 80.6 cm³/mol. The minimum Gasteiger partial charge on any atom is -0.444 e. The van der Waals surface area contributed by atoms with Crippen molar-refractivity contribution in [2.45, 2.75) is 13.0 Å². The van der Waals surface area contributed by atoms with E-state index in [0.29, 0.717) is 17.9 Å². The van der Waals surface area contributed by atoms with E-state index in [-0.39, 0.29) is 32.0 Å². The van der Waals surface area contributed by atoms with Crippen LogP contribution in [-0.4, -0.2) is 56.6 Å². The van der Waals surface area contributed by atoms with E-state index in [1.54, 1.807) is 24.0 Å². The molecule has 7 nitrogen and oxygen atoms in total. The molecule has 0 N–H and O–H groups in total. The molecule has 0 aliphatic carbocycles. The quantitative estimate of drug-likeness (QED) is 0.838. The summed E-state index contributed by atoms with van der Waals surface area (Å²) < 4.78 is 24.4. The molecular weight excluding hydrogens is 305 g/mol. The Morgan fingerprint density at radius 1 is 1.39 bits per heavy atom. The third-order valence-electron chi connectivity index (χ3n) is 3.85. The molecule has 1 atom stereocenters. The topological polar surface area (TPSA) is 62.3 Å². The number of hydrogen-bond donors (Lipinski definition) is 0. The number of benzene rings is 1. The summed E-state index contributed by atoms with van der Waals surface area (Å²) in [5, 5.41) is 0. The monoisotopic (exact) mass is 323 g/mol. The third kappa shape index (κ3) is 2.94. The van der Waals surface area contributed by atoms with Crippen molar-refractivity contribution in [1.29, 1.82) is 0 Å². The summed E-state index contributed by atoms with van der Waals surface area (Å²) in [6.07, 6.45) is -0.698. The molecule has 1 aromatic carbocycles. The van der Waals surface area contributed by atoms with E-state index in [0.717, 1.165) is 0 Å². The molecule has 2 amide bonds. The van der Waals surface area contributed by atoms with Gasteiger partial charge in [0.25, 0.3) is 0 Å². The zero-order chi connectivity index (χ0) is 16.6. The van der Waals surface area contributed by atoms with Crippen LogP contribution < -0.4 is 9.80 Å². The van der Waals surface area contributed by atoms with E-state index in [1.807, 2.05) is 0 Å². The first-order valence-corrected chi connectivity index (χ1v) is 7.29. The lowest BCUT2D eigenvalue weighted by Crippen LogP contribution is -2.29. The third-order valence-corrected chi connectivity index (χ3v) is 3.85. The molecule has 1 unspecified atom stereocenters. The maximum atomic E-state index is 14.4. The van der Waals surface area contributed by atoms with E-state index < -0.39 is 11.9 Å². The summed E-state index contributed by atoms with van der Waals surface area (Å²) in [5.41, 5.74) is 0.765. The van der Waals surface area contributed by atoms with Crippen LogP contribution in [0.25, 0.3) is 0 Å². The second kappa shape index (κ2) is 6.04. The van der Waals surface area contributed by atoms with E-state index in [4.69, 9.17) is 9.47 Å². The normalized spacial score (nSPS) is 21.3. The Morgan fingerprint density at radius 2 is 2.17 bits per heavy atom. The molecule has 2 fully saturated rings. The largest absolute Gasteiger partial charge is 0.444 e. The van der Waals surface area contributed by atoms with Gasteiger partial charge in [0.15, 0.2) is 0 Å². The van der Waals surface area contributed by atoms with E-state index in [1.165, 1.54) is 23.0 Å². The Bertz CT molecular complexity index is 639. The van der Waals surface area contributed by atoms with Crippen molar-refractivity contribution in [3.05, 3.63) is 24.0 Å². The average Bonchev–Trinajstić information content (AvgIpc) is 3.02. The number of halogens is 1. The summed E-state index contributed by atoms with van der Waals surface area (Å²) >= 11 is 0. The molecule has 2 heterocycles. The molecular formula is C15H18FN3O4. The Balaban J connectivity index is 1.78. The molecule has 0 radical (unpaired) electrons. The summed E-state index contributed by atoms with van der Waals surface area (Å²) in [4.78, 5) is 28.0. The van der Waals surface area contributed by atoms with Crippen molar-refractivity contribution in [2.24, 2.45) is 0 Å². The first-order valence-electron chi connectivity index (χ1n) is 7.29. The van der Waals surface area contributed by atoms with Gasteiger partial charge in [0.2, 0.25) is 5.91 Å². The zero-order valence-corrected chi connectivity index (χ0v) is 13.0. The zero-order valence-electron chi connectivity index (χ0n) is 13.0. The highest BCUT2D eigenvalue weighted by molar-refractivity contribution is 5.90. The SMILES string of the molecule is COCN1CN(c2ccc(N3CC(C)OC3=O)cc2F)CC1=O. The Morgan fingerprint density at radius 3 is 2.78 bits per heavy atom. The van der Waals surface area contributed by atoms with Crippen molar-refractivity contribution in [3.63, 3.8) is 0 Å². The molecule has 0 spiro atoms. The highest BCUT2D eigenvalue weighted by Gasteiger charge is 2.32. The number of cyclic esters (lactones) is 1. The number of nitrogens with zero attached hydrogens (tertiary/aromatic N) is 3. The lowest BCUT2D eigenvalue weighted by atomic mass is 10.2. The van der Waals surface area contributed by atoms with Crippen molar-refractivity contribution in [3.8, 4) is 0 Å². The van der Waals surface area contributed by atoms with Gasteiger partial charge < -0.3 is 19.3 Å². The van der Waals surface area contributed by atoms with Crippen LogP contribution in [0.1, 0.15) is 6.92 Å². The van der Waals surface area contributed by atoms with Crippen molar-refractivity contribution in [1.82, 2.24) is 4.90 Å². The fraction of sp³-hybridized carbons (Fsp3) is 0.467. The molecule has 0 saturated carbocycles. The minimum atomic E-state index is -0.484. The van der Waals surface area contributed by atoms with Gasteiger partial charge in [-0.05, 0) is 25.1 Å². The van der Waals surface area contributed by atoms with Crippen molar-refractivity contribution in [2.75, 3.05) is 43.4 Å². The maximum Gasteiger partial charge on any atom is 0.414 e. The summed E-state index contributed by atoms with van der Waals surface area (Å²) in [5.74, 6) is -0.603. The van der Waals surface area contributed by atoms with Gasteiger partial charge in [0.05, 0.1) is 31.1 Å². The highest BCUT2D eigenvalue weighted by atomic mass is 19.1. The van der Waals surface area contributed by atoms with Crippen LogP contribution in [0.15, 0.2) is 18.2 Å². The predicted octanol–water partition coefficient (Wildman–Crippen LogP) is 1.38. The van der Waals surface area contributed by atoms with E-state index >= 15 is 0 Å². The molecule has 2 saturated heterocycles. The van der Waals surface area contributed by atoms with Crippen LogP contribution in [0.2, 0.25) is 0 Å². The van der Waals surface area contributed by atoms with Crippen molar-refractivity contribution < 1.29 is 23.5 Å². The van der Waals surface area contributed by atoms with E-state index in [2.05, 4.69) is 0 Å². The number of carbonyl (C=O) groups excluding carboxylic acids is 2. The number of carbonyl (C=O) groups is 2. The Labute approximate surface area is 133 Å². The van der Waals surface area contributed by atoms with Gasteiger partial charge in [-0.2, -0.15) is 0 Å². The second-order valence-electron chi connectivity index (χ2n) is 5.63. The van der Waals surface area contributed by atoms with Crippen LogP contribution >= 0.6 is 0 Å². The minimum absolute atomic E-state index is 0.0996. The fourth-order valence-electron chi connectivity index (χ4n) is 2.76. The molecule has 2 aliphatic rings. The number of anilines is 2. The number of rotatable bonds is 4. The summed E-state index contributed by atoms with van der Waals surface area (Å²) in [7, 11) is 1.50. The van der Waals surface area contributed by atoms with Gasteiger partial charge in [-0.3, -0.25) is 9.69 Å². The van der Waals surface area contributed by atoms with Gasteiger partial charge in [-0.25, -0.2) is 9.18 Å². The van der Waals surface area contributed by atoms with E-state index in [9.17, 15) is 14.0 Å². The van der Waals surface area contributed by atoms with Gasteiger partial charge in [0.1, 0.15) is 18.7 Å². The van der Waals surface area contributed by atoms with Crippen molar-refractivity contribution >= 4 is 23.4 Å². The fourth-order valence-corrected chi connectivity index (χ4v) is 2.76. The molecule has 0 bridgehead atoms. The average molecular weight is 323 g/mol. The number of ether oxygens (including phenoxy) is 2. The standard InChI is InChI=1S/C15H18FN3O4/c1-10-6-19(15(21)23-10)11-3-4-13(12(16)5-11)17-7-14(20)18(8-17)9-22-2/h3-5,10H,6-9H2,1-2H3. The van der Waals surface area contributed by atoms with Gasteiger partial charge in [-0.1, -0.05) is 0 Å². The Hall–Kier alpha value is -2.35. The number of methoxy groups -OCH3 is 1. The molecule has 23 heavy (non-hydrogen) atoms. The van der Waals surface area contributed by atoms with Crippen LogP contribution in [0, 0.1) is 5.82 Å². The molecule has 3 rings (SSSR count). The second-order valence-corrected chi connectivity index (χ2v) is 5.63. The van der Waals surface area contributed by atoms with Crippen LogP contribution in [0.3, 0.4) is 0 Å². The lowest BCUT2D eigenvalue weighted by Gasteiger charge is -2.21. The van der Waals surface area contributed by atoms with Gasteiger partial charge in [0, 0.05) is 7.11 Å². The molecule has 1 aromatic rings. The highest BCUT2D eigenvalue weighted by Crippen LogP contribution is 2.29. The van der Waals surface area contributed by atoms with Crippen LogP contribution in [0.5, 0.6) is 0 Å². The molecule has 8 heteroatoms. The maximum absolute atomic E-state index is 14.4. The summed E-state index contributed by atoms with van der Waals surface area (Å²) in [6, 6.07) is 4.52. The number of hydrogen-bond acceptors (Lipinski definition) is 5. The van der Waals surface area contributed by atoms with Crippen LogP contribution in [-0.2, 0) is 14.3 Å². The first kappa shape index (κ1) is 15.5. The van der Waals surface area contributed by atoms with Crippen LogP contribution in [0.4, 0.5) is 20.6 Å². The van der Waals surface area contributed by atoms with Gasteiger partial charge >= 0.3 is 6.09 Å². The molecule has 124 valence electrons. The first-order chi connectivity index (χ1) is 11.0. The number of amides is 2. The molecule has 0 aromatic heterocycles. The smallest absolute Gasteiger partial charge is 0.414 e. The van der Waals surface area contributed by atoms with Gasteiger partial charge in [-0.15, -0.1) is 0 Å². The Kier molecular flexibility index (Phi) is 4.08. The lowest BCUT2D eigenvalue weighted by molar-refractivity contribution is -0.130. The summed E-state index contributed by atoms with van der Waals surface area (Å²) in [6.45, 7) is 2.71. The molecule has 2 aliphatic heterocycles.